The Labute approximate surface area is 121 Å². The van der Waals surface area contributed by atoms with Crippen molar-refractivity contribution in [2.24, 2.45) is 5.92 Å². The van der Waals surface area contributed by atoms with E-state index in [2.05, 4.69) is 46.2 Å². The fraction of sp³-hybridized carbons (Fsp3) is 0.333. The minimum Gasteiger partial charge on any atom is -0.265 e. The first kappa shape index (κ1) is 14.4. The molecule has 2 nitrogen and oxygen atoms in total. The van der Waals surface area contributed by atoms with Crippen molar-refractivity contribution in [3.63, 3.8) is 0 Å². The second-order valence-electron chi connectivity index (χ2n) is 4.79. The van der Waals surface area contributed by atoms with E-state index in [4.69, 9.17) is 0 Å². The summed E-state index contributed by atoms with van der Waals surface area (Å²) in [7, 11) is 0. The van der Waals surface area contributed by atoms with Crippen LogP contribution in [0.4, 0.5) is 0 Å². The molecule has 0 saturated carbocycles. The molecule has 1 aliphatic carbocycles. The zero-order chi connectivity index (χ0) is 14.2. The molecule has 3 rings (SSSR count). The van der Waals surface area contributed by atoms with E-state index in [1.165, 1.54) is 24.0 Å². The van der Waals surface area contributed by atoms with Crippen LogP contribution in [-0.4, -0.2) is 4.98 Å². The summed E-state index contributed by atoms with van der Waals surface area (Å²) in [5.74, 6) is 0.710. The molecule has 0 aliphatic heterocycles. The second-order valence-corrected chi connectivity index (χ2v) is 4.79. The molecule has 20 heavy (non-hydrogen) atoms. The summed E-state index contributed by atoms with van der Waals surface area (Å²) in [6, 6.07) is 8.43. The normalized spacial score (nSPS) is 16.6. The molecule has 1 aliphatic rings. The summed E-state index contributed by atoms with van der Waals surface area (Å²) in [5.41, 5.74) is 2.47. The molecule has 0 aromatic carbocycles. The first-order chi connectivity index (χ1) is 9.92. The van der Waals surface area contributed by atoms with E-state index in [9.17, 15) is 0 Å². The lowest BCUT2D eigenvalue weighted by atomic mass is 10.1. The lowest BCUT2D eigenvalue weighted by Gasteiger charge is -2.04. The van der Waals surface area contributed by atoms with Crippen molar-refractivity contribution in [3.05, 3.63) is 61.2 Å². The van der Waals surface area contributed by atoms with Crippen LogP contribution in [-0.2, 0) is 6.54 Å². The van der Waals surface area contributed by atoms with Gasteiger partial charge in [0.15, 0.2) is 18.9 Å². The molecule has 104 valence electrons. The van der Waals surface area contributed by atoms with E-state index in [0.29, 0.717) is 5.92 Å². The second kappa shape index (κ2) is 7.59. The molecule has 0 radical (unpaired) electrons. The zero-order valence-electron chi connectivity index (χ0n) is 12.4. The monoisotopic (exact) mass is 267 g/mol. The number of rotatable bonds is 3. The van der Waals surface area contributed by atoms with Crippen LogP contribution < -0.4 is 4.57 Å². The van der Waals surface area contributed by atoms with Crippen molar-refractivity contribution >= 4 is 0 Å². The summed E-state index contributed by atoms with van der Waals surface area (Å²) in [6.45, 7) is 5.09. The summed E-state index contributed by atoms with van der Waals surface area (Å²) in [6.07, 6.45) is 15.2. The van der Waals surface area contributed by atoms with Crippen molar-refractivity contribution in [1.82, 2.24) is 4.98 Å². The molecule has 1 atom stereocenters. The summed E-state index contributed by atoms with van der Waals surface area (Å²) in [4.78, 5) is 4.04. The third-order valence-corrected chi connectivity index (χ3v) is 3.46. The van der Waals surface area contributed by atoms with Crippen molar-refractivity contribution in [3.8, 4) is 11.1 Å². The lowest BCUT2D eigenvalue weighted by molar-refractivity contribution is -0.701. The zero-order valence-corrected chi connectivity index (χ0v) is 12.4. The average molecular weight is 267 g/mol. The largest absolute Gasteiger partial charge is 0.265 e. The number of aromatic nitrogens is 2. The summed E-state index contributed by atoms with van der Waals surface area (Å²) < 4.78 is 2.27. The van der Waals surface area contributed by atoms with Crippen molar-refractivity contribution < 1.29 is 4.57 Å². The smallest absolute Gasteiger partial charge is 0.169 e. The Balaban J connectivity index is 0.000000704. The van der Waals surface area contributed by atoms with Crippen LogP contribution in [0.15, 0.2) is 61.2 Å². The molecule has 0 spiro atoms. The van der Waals surface area contributed by atoms with E-state index in [0.717, 1.165) is 6.54 Å². The van der Waals surface area contributed by atoms with Gasteiger partial charge in [-0.2, -0.15) is 0 Å². The van der Waals surface area contributed by atoms with Gasteiger partial charge in [-0.25, -0.2) is 4.57 Å². The maximum absolute atomic E-state index is 4.04. The summed E-state index contributed by atoms with van der Waals surface area (Å²) in [5, 5.41) is 0. The molecule has 0 N–H and O–H groups in total. The number of pyridine rings is 2. The Bertz CT molecular complexity index is 529. The Kier molecular flexibility index (Phi) is 5.48. The lowest BCUT2D eigenvalue weighted by Crippen LogP contribution is -2.35. The average Bonchev–Trinajstić information content (AvgIpc) is 3.04. The molecule has 0 fully saturated rings. The van der Waals surface area contributed by atoms with Gasteiger partial charge in [-0.1, -0.05) is 26.0 Å². The van der Waals surface area contributed by atoms with E-state index in [1.54, 1.807) is 0 Å². The van der Waals surface area contributed by atoms with E-state index in [-0.39, 0.29) is 0 Å². The molecule has 2 aromatic rings. The Morgan fingerprint density at radius 2 is 1.70 bits per heavy atom. The molecular formula is C18H23N2+. The minimum atomic E-state index is 0.710. The molecule has 0 saturated heterocycles. The molecule has 2 aromatic heterocycles. The van der Waals surface area contributed by atoms with Crippen molar-refractivity contribution in [2.75, 3.05) is 0 Å². The highest BCUT2D eigenvalue weighted by Crippen LogP contribution is 2.18. The van der Waals surface area contributed by atoms with Gasteiger partial charge >= 0.3 is 0 Å². The fourth-order valence-electron chi connectivity index (χ4n) is 2.43. The van der Waals surface area contributed by atoms with Crippen LogP contribution in [0.1, 0.15) is 26.7 Å². The third-order valence-electron chi connectivity index (χ3n) is 3.46. The van der Waals surface area contributed by atoms with Gasteiger partial charge in [0, 0.05) is 30.4 Å². The van der Waals surface area contributed by atoms with Crippen LogP contribution in [0.5, 0.6) is 0 Å². The third kappa shape index (κ3) is 3.77. The van der Waals surface area contributed by atoms with Crippen LogP contribution in [0.3, 0.4) is 0 Å². The van der Waals surface area contributed by atoms with Gasteiger partial charge in [-0.3, -0.25) is 4.98 Å². The molecule has 0 amide bonds. The van der Waals surface area contributed by atoms with E-state index >= 15 is 0 Å². The SMILES string of the molecule is C1=C[C@@H](C[n+]2ccc(-c3ccncc3)cc2)CC1.CC. The molecular weight excluding hydrogens is 244 g/mol. The predicted octanol–water partition coefficient (Wildman–Crippen LogP) is 4.03. The van der Waals surface area contributed by atoms with Crippen LogP contribution >= 0.6 is 0 Å². The van der Waals surface area contributed by atoms with Gasteiger partial charge in [-0.15, -0.1) is 0 Å². The topological polar surface area (TPSA) is 16.8 Å². The van der Waals surface area contributed by atoms with Gasteiger partial charge in [0.25, 0.3) is 0 Å². The number of nitrogens with zero attached hydrogens (tertiary/aromatic N) is 2. The van der Waals surface area contributed by atoms with Crippen molar-refractivity contribution in [1.29, 1.82) is 0 Å². The standard InChI is InChI=1S/C16H17N2.C2H6/c1-2-4-14(3-1)13-18-11-7-16(8-12-18)15-5-9-17-10-6-15;1-2/h1,3,5-12,14H,2,4,13H2;1-2H3/q+1;/t14-;/m1./s1. The number of hydrogen-bond donors (Lipinski definition) is 0. The van der Waals surface area contributed by atoms with Crippen molar-refractivity contribution in [2.45, 2.75) is 33.2 Å². The molecule has 2 heterocycles. The van der Waals surface area contributed by atoms with Gasteiger partial charge in [0.2, 0.25) is 0 Å². The Morgan fingerprint density at radius 3 is 2.30 bits per heavy atom. The summed E-state index contributed by atoms with van der Waals surface area (Å²) >= 11 is 0. The Hall–Kier alpha value is -1.96. The highest BCUT2D eigenvalue weighted by atomic mass is 14.9. The first-order valence-corrected chi connectivity index (χ1v) is 7.48. The van der Waals surface area contributed by atoms with E-state index < -0.39 is 0 Å². The Morgan fingerprint density at radius 1 is 1.05 bits per heavy atom. The van der Waals surface area contributed by atoms with Crippen LogP contribution in [0.2, 0.25) is 0 Å². The van der Waals surface area contributed by atoms with E-state index in [1.807, 2.05) is 38.4 Å². The van der Waals surface area contributed by atoms with Gasteiger partial charge in [0.05, 0.1) is 0 Å². The minimum absolute atomic E-state index is 0.710. The van der Waals surface area contributed by atoms with Gasteiger partial charge < -0.3 is 0 Å². The molecule has 2 heteroatoms. The molecule has 0 bridgehead atoms. The van der Waals surface area contributed by atoms with Gasteiger partial charge in [0.1, 0.15) is 0 Å². The predicted molar refractivity (Wildman–Crippen MR) is 83.1 cm³/mol. The number of allylic oxidation sites excluding steroid dienone is 2. The van der Waals surface area contributed by atoms with Crippen LogP contribution in [0, 0.1) is 5.92 Å². The highest BCUT2D eigenvalue weighted by Gasteiger charge is 2.14. The van der Waals surface area contributed by atoms with Gasteiger partial charge in [-0.05, 0) is 36.1 Å². The maximum atomic E-state index is 4.04. The maximum Gasteiger partial charge on any atom is 0.169 e. The quantitative estimate of drug-likeness (QED) is 0.606. The molecule has 0 unspecified atom stereocenters. The highest BCUT2D eigenvalue weighted by molar-refractivity contribution is 5.61. The van der Waals surface area contributed by atoms with Crippen LogP contribution in [0.25, 0.3) is 11.1 Å². The first-order valence-electron chi connectivity index (χ1n) is 7.48. The number of hydrogen-bond acceptors (Lipinski definition) is 1. The fourth-order valence-corrected chi connectivity index (χ4v) is 2.43.